The van der Waals surface area contributed by atoms with Crippen LogP contribution in [0.5, 0.6) is 17.2 Å². The van der Waals surface area contributed by atoms with Gasteiger partial charge in [-0.25, -0.2) is 0 Å². The predicted octanol–water partition coefficient (Wildman–Crippen LogP) is 7.11. The summed E-state index contributed by atoms with van der Waals surface area (Å²) in [6, 6.07) is 11.3. The van der Waals surface area contributed by atoms with E-state index in [0.717, 1.165) is 38.4 Å². The van der Waals surface area contributed by atoms with E-state index in [2.05, 4.69) is 44.3 Å². The van der Waals surface area contributed by atoms with E-state index in [1.165, 1.54) is 11.3 Å². The number of nitrogens with zero attached hydrogens (tertiary/aromatic N) is 1. The number of aromatic hydroxyl groups is 1. The number of amides is 1. The number of allylic oxidation sites excluding steroid dienone is 1. The lowest BCUT2D eigenvalue weighted by Crippen LogP contribution is -2.32. The van der Waals surface area contributed by atoms with Gasteiger partial charge in [-0.3, -0.25) is 4.79 Å². The number of phenolic OH excluding ortho intramolecular Hbond substituents is 1. The van der Waals surface area contributed by atoms with Crippen LogP contribution in [0.15, 0.2) is 42.5 Å². The minimum atomic E-state index is -0.188. The molecule has 7 heteroatoms. The molecule has 3 heterocycles. The maximum Gasteiger partial charge on any atom is 0.263 e. The highest BCUT2D eigenvalue weighted by molar-refractivity contribution is 7.14. The quantitative estimate of drug-likeness (QED) is 0.378. The fourth-order valence-electron chi connectivity index (χ4n) is 5.29. The second kappa shape index (κ2) is 9.30. The number of hydrogen-bond acceptors (Lipinski definition) is 6. The average molecular weight is 517 g/mol. The lowest BCUT2D eigenvalue weighted by atomic mass is 9.83. The minimum absolute atomic E-state index is 0.0396. The first-order chi connectivity index (χ1) is 17.7. The molecule has 0 spiro atoms. The van der Waals surface area contributed by atoms with Crippen LogP contribution in [0.2, 0.25) is 0 Å². The number of thiophene rings is 1. The Kier molecular flexibility index (Phi) is 6.28. The molecule has 0 saturated heterocycles. The molecule has 2 aliphatic heterocycles. The number of methoxy groups -OCH3 is 1. The Morgan fingerprint density at radius 2 is 1.86 bits per heavy atom. The van der Waals surface area contributed by atoms with Gasteiger partial charge in [-0.15, -0.1) is 11.3 Å². The normalized spacial score (nSPS) is 16.1. The summed E-state index contributed by atoms with van der Waals surface area (Å²) in [7, 11) is 1.55. The maximum absolute atomic E-state index is 12.9. The van der Waals surface area contributed by atoms with Crippen LogP contribution in [0, 0.1) is 0 Å². The molecule has 0 aliphatic carbocycles. The minimum Gasteiger partial charge on any atom is -0.504 e. The first kappa shape index (κ1) is 25.0. The van der Waals surface area contributed by atoms with E-state index in [1.54, 1.807) is 19.2 Å². The van der Waals surface area contributed by atoms with Crippen molar-refractivity contribution in [2.24, 2.45) is 0 Å². The van der Waals surface area contributed by atoms with E-state index in [9.17, 15) is 9.90 Å². The molecule has 0 saturated carbocycles. The van der Waals surface area contributed by atoms with Gasteiger partial charge in [0.1, 0.15) is 11.5 Å². The maximum atomic E-state index is 12.9. The van der Waals surface area contributed by atoms with Crippen molar-refractivity contribution in [2.75, 3.05) is 25.5 Å². The second-order valence-electron chi connectivity index (χ2n) is 9.87. The smallest absolute Gasteiger partial charge is 0.263 e. The number of nitrogens with one attached hydrogen (secondary N) is 1. The molecule has 0 bridgehead atoms. The van der Waals surface area contributed by atoms with Gasteiger partial charge >= 0.3 is 0 Å². The molecule has 2 aliphatic rings. The lowest BCUT2D eigenvalue weighted by Gasteiger charge is -2.35. The summed E-state index contributed by atoms with van der Waals surface area (Å²) in [5.74, 6) is 1.77. The molecule has 6 nitrogen and oxygen atoms in total. The van der Waals surface area contributed by atoms with Crippen molar-refractivity contribution in [3.8, 4) is 28.4 Å². The first-order valence-corrected chi connectivity index (χ1v) is 13.3. The summed E-state index contributed by atoms with van der Waals surface area (Å²) in [6.07, 6.45) is 4.21. The molecule has 1 aromatic heterocycles. The Balaban J connectivity index is 1.71. The molecule has 1 amide bonds. The van der Waals surface area contributed by atoms with Crippen LogP contribution < -0.4 is 14.8 Å². The zero-order chi connectivity index (χ0) is 26.5. The summed E-state index contributed by atoms with van der Waals surface area (Å²) in [6.45, 7) is 11.7. The summed E-state index contributed by atoms with van der Waals surface area (Å²) in [4.78, 5) is 16.4. The summed E-state index contributed by atoms with van der Waals surface area (Å²) in [5.41, 5.74) is 5.58. The van der Waals surface area contributed by atoms with Gasteiger partial charge in [0.25, 0.3) is 5.91 Å². The second-order valence-corrected chi connectivity index (χ2v) is 11.0. The van der Waals surface area contributed by atoms with Gasteiger partial charge in [-0.05, 0) is 76.6 Å². The van der Waals surface area contributed by atoms with Gasteiger partial charge in [0, 0.05) is 40.3 Å². The van der Waals surface area contributed by atoms with E-state index in [1.807, 2.05) is 37.0 Å². The van der Waals surface area contributed by atoms with Crippen LogP contribution in [0.1, 0.15) is 60.3 Å². The molecular formula is C30H32N2O4S. The molecule has 0 atom stereocenters. The Hall–Kier alpha value is -3.71. The molecule has 2 N–H and O–H groups in total. The largest absolute Gasteiger partial charge is 0.504 e. The van der Waals surface area contributed by atoms with Crippen molar-refractivity contribution in [1.82, 2.24) is 4.90 Å². The van der Waals surface area contributed by atoms with Crippen LogP contribution in [0.4, 0.5) is 5.69 Å². The third-order valence-corrected chi connectivity index (χ3v) is 7.85. The SMILES string of the molecule is CCN(CC)C(=O)c1ccc(/C=C2\Oc3ccc(O)c(OC)c3-c3ccc4c(c32)C(C)=CC(C)(C)N4)s1. The third kappa shape index (κ3) is 4.27. The van der Waals surface area contributed by atoms with Gasteiger partial charge in [0.15, 0.2) is 11.5 Å². The van der Waals surface area contributed by atoms with Crippen molar-refractivity contribution in [3.63, 3.8) is 0 Å². The van der Waals surface area contributed by atoms with Gasteiger partial charge < -0.3 is 24.8 Å². The molecule has 0 radical (unpaired) electrons. The number of phenols is 1. The van der Waals surface area contributed by atoms with Crippen molar-refractivity contribution in [2.45, 2.75) is 40.2 Å². The number of rotatable bonds is 5. The summed E-state index contributed by atoms with van der Waals surface area (Å²) in [5, 5.41) is 14.2. The predicted molar refractivity (Wildman–Crippen MR) is 152 cm³/mol. The number of hydrogen-bond donors (Lipinski definition) is 2. The highest BCUT2D eigenvalue weighted by Gasteiger charge is 2.33. The van der Waals surface area contributed by atoms with E-state index in [4.69, 9.17) is 9.47 Å². The van der Waals surface area contributed by atoms with E-state index in [0.29, 0.717) is 35.2 Å². The number of anilines is 1. The topological polar surface area (TPSA) is 71.0 Å². The van der Waals surface area contributed by atoms with E-state index in [-0.39, 0.29) is 17.2 Å². The Morgan fingerprint density at radius 3 is 2.57 bits per heavy atom. The summed E-state index contributed by atoms with van der Waals surface area (Å²) >= 11 is 1.46. The molecule has 5 rings (SSSR count). The van der Waals surface area contributed by atoms with E-state index >= 15 is 0 Å². The molecule has 3 aromatic rings. The first-order valence-electron chi connectivity index (χ1n) is 12.5. The zero-order valence-corrected chi connectivity index (χ0v) is 22.9. The summed E-state index contributed by atoms with van der Waals surface area (Å²) < 4.78 is 12.1. The lowest BCUT2D eigenvalue weighted by molar-refractivity contribution is 0.0778. The van der Waals surface area contributed by atoms with Gasteiger partial charge in [-0.1, -0.05) is 12.1 Å². The van der Waals surface area contributed by atoms with Crippen molar-refractivity contribution < 1.29 is 19.4 Å². The fourth-order valence-corrected chi connectivity index (χ4v) is 6.20. The van der Waals surface area contributed by atoms with Crippen molar-refractivity contribution >= 4 is 40.3 Å². The van der Waals surface area contributed by atoms with E-state index < -0.39 is 0 Å². The van der Waals surface area contributed by atoms with Crippen molar-refractivity contribution in [1.29, 1.82) is 0 Å². The Morgan fingerprint density at radius 1 is 1.11 bits per heavy atom. The number of ether oxygens (including phenoxy) is 2. The number of benzene rings is 2. The monoisotopic (exact) mass is 516 g/mol. The Bertz CT molecular complexity index is 1460. The highest BCUT2D eigenvalue weighted by Crippen LogP contribution is 2.54. The molecule has 0 unspecified atom stereocenters. The fraction of sp³-hybridized carbons (Fsp3) is 0.300. The van der Waals surface area contributed by atoms with Gasteiger partial charge in [0.2, 0.25) is 0 Å². The number of carbonyl (C=O) groups excluding carboxylic acids is 1. The van der Waals surface area contributed by atoms with Crippen LogP contribution in [0.25, 0.3) is 28.5 Å². The van der Waals surface area contributed by atoms with Crippen LogP contribution in [-0.2, 0) is 0 Å². The standard InChI is InChI=1S/C30H32N2O4S/c1-7-32(8-2)29(34)24-14-9-18(37-24)15-23-26-19(27-22(36-23)13-12-21(33)28(27)35-6)10-11-20-25(26)17(3)16-30(4,5)31-20/h9-16,31,33H,7-8H2,1-6H3/b23-15-. The van der Waals surface area contributed by atoms with Gasteiger partial charge in [0.05, 0.1) is 23.1 Å². The van der Waals surface area contributed by atoms with Crippen LogP contribution >= 0.6 is 11.3 Å². The molecule has 0 fully saturated rings. The molecule has 192 valence electrons. The van der Waals surface area contributed by atoms with Crippen LogP contribution in [0.3, 0.4) is 0 Å². The molecular weight excluding hydrogens is 484 g/mol. The van der Waals surface area contributed by atoms with Crippen molar-refractivity contribution in [3.05, 3.63) is 63.4 Å². The van der Waals surface area contributed by atoms with Crippen LogP contribution in [-0.4, -0.2) is 41.7 Å². The Labute approximate surface area is 221 Å². The number of fused-ring (bicyclic) bond motifs is 5. The molecule has 2 aromatic carbocycles. The van der Waals surface area contributed by atoms with Gasteiger partial charge in [-0.2, -0.15) is 0 Å². The molecule has 37 heavy (non-hydrogen) atoms. The zero-order valence-electron chi connectivity index (χ0n) is 22.1. The number of carbonyl (C=O) groups is 1. The highest BCUT2D eigenvalue weighted by atomic mass is 32.1. The average Bonchev–Trinajstić information content (AvgIpc) is 3.32. The third-order valence-electron chi connectivity index (χ3n) is 6.83.